The average Bonchev–Trinajstić information content (AvgIpc) is 3.05. The summed E-state index contributed by atoms with van der Waals surface area (Å²) in [5, 5.41) is 3.40. The summed E-state index contributed by atoms with van der Waals surface area (Å²) in [6, 6.07) is 7.21. The minimum Gasteiger partial charge on any atom is -0.373 e. The van der Waals surface area contributed by atoms with Crippen molar-refractivity contribution in [3.05, 3.63) is 35.6 Å². The molecule has 5 nitrogen and oxygen atoms in total. The molecule has 2 aliphatic rings. The molecule has 0 aromatic heterocycles. The van der Waals surface area contributed by atoms with Crippen LogP contribution in [0.1, 0.15) is 18.4 Å². The number of hydrogen-bond donors (Lipinski definition) is 1. The van der Waals surface area contributed by atoms with E-state index in [4.69, 9.17) is 4.74 Å². The molecule has 25 heavy (non-hydrogen) atoms. The molecule has 0 spiro atoms. The molecule has 0 radical (unpaired) electrons. The van der Waals surface area contributed by atoms with Gasteiger partial charge in [-0.1, -0.05) is 12.1 Å². The third-order valence-corrected chi connectivity index (χ3v) is 4.86. The highest BCUT2D eigenvalue weighted by Gasteiger charge is 2.32. The Bertz CT molecular complexity index is 569. The van der Waals surface area contributed by atoms with Gasteiger partial charge in [-0.05, 0) is 37.1 Å². The van der Waals surface area contributed by atoms with E-state index in [1.807, 2.05) is 11.9 Å². The zero-order valence-electron chi connectivity index (χ0n) is 14.9. The van der Waals surface area contributed by atoms with Crippen molar-refractivity contribution in [2.24, 2.45) is 4.99 Å². The monoisotopic (exact) mass is 462 g/mol. The third kappa shape index (κ3) is 5.52. The minimum absolute atomic E-state index is 0. The lowest BCUT2D eigenvalue weighted by Crippen LogP contribution is -2.51. The normalized spacial score (nSPS) is 23.7. The van der Waals surface area contributed by atoms with Crippen LogP contribution < -0.4 is 5.32 Å². The van der Waals surface area contributed by atoms with E-state index >= 15 is 0 Å². The molecule has 140 valence electrons. The van der Waals surface area contributed by atoms with E-state index in [0.717, 1.165) is 31.2 Å². The molecular formula is C18H28FIN4O. The number of nitrogens with zero attached hydrogens (tertiary/aromatic N) is 3. The first-order chi connectivity index (χ1) is 11.7. The Labute approximate surface area is 166 Å². The average molecular weight is 462 g/mol. The maximum Gasteiger partial charge on any atom is 0.193 e. The Morgan fingerprint density at radius 1 is 1.40 bits per heavy atom. The smallest absolute Gasteiger partial charge is 0.193 e. The van der Waals surface area contributed by atoms with Gasteiger partial charge in [-0.25, -0.2) is 4.39 Å². The molecule has 0 amide bonds. The molecule has 3 rings (SSSR count). The highest BCUT2D eigenvalue weighted by atomic mass is 127. The molecule has 2 unspecified atom stereocenters. The van der Waals surface area contributed by atoms with Crippen LogP contribution in [0.15, 0.2) is 29.3 Å². The zero-order valence-corrected chi connectivity index (χ0v) is 17.3. The van der Waals surface area contributed by atoms with Crippen LogP contribution in [-0.2, 0) is 11.3 Å². The van der Waals surface area contributed by atoms with Gasteiger partial charge in [0.1, 0.15) is 5.82 Å². The van der Waals surface area contributed by atoms with E-state index in [1.54, 1.807) is 19.2 Å². The molecule has 0 saturated carbocycles. The minimum atomic E-state index is -0.210. The molecule has 2 heterocycles. The first kappa shape index (κ1) is 20.4. The Balaban J connectivity index is 0.00000225. The summed E-state index contributed by atoms with van der Waals surface area (Å²) in [6.07, 6.45) is 2.76. The summed E-state index contributed by atoms with van der Waals surface area (Å²) in [4.78, 5) is 8.92. The fraction of sp³-hybridized carbons (Fsp3) is 0.611. The Morgan fingerprint density at radius 3 is 2.88 bits per heavy atom. The molecule has 1 aromatic rings. The molecule has 0 aliphatic carbocycles. The fourth-order valence-corrected chi connectivity index (χ4v) is 3.54. The number of hydrogen-bond acceptors (Lipinski definition) is 3. The number of halogens is 2. The number of aliphatic imine (C=N–C) groups is 1. The van der Waals surface area contributed by atoms with Crippen LogP contribution >= 0.6 is 24.0 Å². The van der Waals surface area contributed by atoms with Crippen molar-refractivity contribution in [2.75, 3.05) is 40.3 Å². The summed E-state index contributed by atoms with van der Waals surface area (Å²) in [6.45, 7) is 4.47. The van der Waals surface area contributed by atoms with Gasteiger partial charge in [0.15, 0.2) is 5.96 Å². The van der Waals surface area contributed by atoms with E-state index in [1.165, 1.54) is 31.5 Å². The largest absolute Gasteiger partial charge is 0.373 e. The molecule has 1 N–H and O–H groups in total. The Morgan fingerprint density at radius 2 is 2.16 bits per heavy atom. The van der Waals surface area contributed by atoms with Crippen molar-refractivity contribution in [3.63, 3.8) is 0 Å². The standard InChI is InChI=1S/C18H27FN4O.HI/c1-20-18(22(2)11-14-5-7-15(19)8-6-14)21-10-17-12-23-9-3-4-16(23)13-24-17;/h5-8,16-17H,3-4,9-13H2,1-2H3,(H,20,21);1H. The topological polar surface area (TPSA) is 40.1 Å². The summed E-state index contributed by atoms with van der Waals surface area (Å²) >= 11 is 0. The maximum absolute atomic E-state index is 13.0. The van der Waals surface area contributed by atoms with Crippen molar-refractivity contribution in [2.45, 2.75) is 31.5 Å². The molecular weight excluding hydrogens is 434 g/mol. The molecule has 2 aliphatic heterocycles. The fourth-order valence-electron chi connectivity index (χ4n) is 3.54. The van der Waals surface area contributed by atoms with Crippen molar-refractivity contribution in [1.82, 2.24) is 15.1 Å². The first-order valence-electron chi connectivity index (χ1n) is 8.67. The second-order valence-corrected chi connectivity index (χ2v) is 6.66. The SMILES string of the molecule is CN=C(NCC1CN2CCCC2CO1)N(C)Cc1ccc(F)cc1.I. The lowest BCUT2D eigenvalue weighted by Gasteiger charge is -2.35. The third-order valence-electron chi connectivity index (χ3n) is 4.86. The second-order valence-electron chi connectivity index (χ2n) is 6.66. The number of nitrogens with one attached hydrogen (secondary N) is 1. The van der Waals surface area contributed by atoms with Gasteiger partial charge in [0, 0.05) is 39.8 Å². The summed E-state index contributed by atoms with van der Waals surface area (Å²) < 4.78 is 19.0. The lowest BCUT2D eigenvalue weighted by molar-refractivity contribution is -0.0454. The number of rotatable bonds is 4. The van der Waals surface area contributed by atoms with Crippen molar-refractivity contribution < 1.29 is 9.13 Å². The van der Waals surface area contributed by atoms with Crippen LogP contribution in [0.5, 0.6) is 0 Å². The van der Waals surface area contributed by atoms with E-state index in [0.29, 0.717) is 12.6 Å². The van der Waals surface area contributed by atoms with E-state index in [9.17, 15) is 4.39 Å². The molecule has 7 heteroatoms. The van der Waals surface area contributed by atoms with Gasteiger partial charge < -0.3 is 15.0 Å². The molecule has 2 atom stereocenters. The summed E-state index contributed by atoms with van der Waals surface area (Å²) in [5.41, 5.74) is 1.05. The van der Waals surface area contributed by atoms with Crippen molar-refractivity contribution >= 4 is 29.9 Å². The highest BCUT2D eigenvalue weighted by Crippen LogP contribution is 2.22. The quantitative estimate of drug-likeness (QED) is 0.424. The van der Waals surface area contributed by atoms with Crippen LogP contribution in [0, 0.1) is 5.82 Å². The molecule has 2 fully saturated rings. The van der Waals surface area contributed by atoms with Gasteiger partial charge >= 0.3 is 0 Å². The number of guanidine groups is 1. The number of ether oxygens (including phenoxy) is 1. The first-order valence-corrected chi connectivity index (χ1v) is 8.67. The molecule has 0 bridgehead atoms. The van der Waals surface area contributed by atoms with E-state index in [2.05, 4.69) is 15.2 Å². The predicted molar refractivity (Wildman–Crippen MR) is 109 cm³/mol. The Kier molecular flexibility index (Phi) is 7.89. The highest BCUT2D eigenvalue weighted by molar-refractivity contribution is 14.0. The summed E-state index contributed by atoms with van der Waals surface area (Å²) in [5.74, 6) is 0.616. The van der Waals surface area contributed by atoms with Gasteiger partial charge in [-0.2, -0.15) is 0 Å². The van der Waals surface area contributed by atoms with Gasteiger partial charge in [0.25, 0.3) is 0 Å². The Hall–Kier alpha value is -0.930. The van der Waals surface area contributed by atoms with Crippen LogP contribution in [0.4, 0.5) is 4.39 Å². The number of morpholine rings is 1. The zero-order chi connectivity index (χ0) is 16.9. The number of fused-ring (bicyclic) bond motifs is 1. The van der Waals surface area contributed by atoms with Gasteiger partial charge in [-0.15, -0.1) is 24.0 Å². The van der Waals surface area contributed by atoms with Gasteiger partial charge in [-0.3, -0.25) is 9.89 Å². The number of benzene rings is 1. The van der Waals surface area contributed by atoms with Crippen molar-refractivity contribution in [1.29, 1.82) is 0 Å². The maximum atomic E-state index is 13.0. The van der Waals surface area contributed by atoms with Crippen LogP contribution in [0.3, 0.4) is 0 Å². The van der Waals surface area contributed by atoms with Gasteiger partial charge in [0.05, 0.1) is 12.7 Å². The predicted octanol–water partition coefficient (Wildman–Crippen LogP) is 2.31. The van der Waals surface area contributed by atoms with E-state index in [-0.39, 0.29) is 35.9 Å². The lowest BCUT2D eigenvalue weighted by atomic mass is 10.2. The molecule has 1 aromatic carbocycles. The van der Waals surface area contributed by atoms with Crippen LogP contribution in [0.25, 0.3) is 0 Å². The molecule has 2 saturated heterocycles. The van der Waals surface area contributed by atoms with Crippen LogP contribution in [-0.4, -0.2) is 68.2 Å². The van der Waals surface area contributed by atoms with Crippen LogP contribution in [0.2, 0.25) is 0 Å². The van der Waals surface area contributed by atoms with Gasteiger partial charge in [0.2, 0.25) is 0 Å². The van der Waals surface area contributed by atoms with Crippen molar-refractivity contribution in [3.8, 4) is 0 Å². The second kappa shape index (κ2) is 9.68. The van der Waals surface area contributed by atoms with E-state index < -0.39 is 0 Å². The summed E-state index contributed by atoms with van der Waals surface area (Å²) in [7, 11) is 3.76.